The lowest BCUT2D eigenvalue weighted by Crippen LogP contribution is -2.15. The lowest BCUT2D eigenvalue weighted by molar-refractivity contribution is 0.0816. The molecule has 0 atom stereocenters. The average molecular weight is 254 g/mol. The molecule has 0 N–H and O–H groups in total. The second kappa shape index (κ2) is 5.48. The number of ketones is 2. The summed E-state index contributed by atoms with van der Waals surface area (Å²) in [7, 11) is 1.55. The van der Waals surface area contributed by atoms with E-state index < -0.39 is 11.6 Å². The Morgan fingerprint density at radius 3 is 2.11 bits per heavy atom. The minimum Gasteiger partial charge on any atom is -0.497 e. The molecule has 0 aromatic heterocycles. The van der Waals surface area contributed by atoms with Crippen molar-refractivity contribution in [3.8, 4) is 5.75 Å². The summed E-state index contributed by atoms with van der Waals surface area (Å²) in [5.41, 5.74) is 1.62. The average Bonchev–Trinajstić information content (AvgIpc) is 2.46. The first-order valence-electron chi connectivity index (χ1n) is 5.92. The summed E-state index contributed by atoms with van der Waals surface area (Å²) in [5, 5.41) is 0. The van der Waals surface area contributed by atoms with Gasteiger partial charge < -0.3 is 4.74 Å². The minimum absolute atomic E-state index is 0.369. The first-order valence-corrected chi connectivity index (χ1v) is 5.92. The molecular weight excluding hydrogens is 240 g/mol. The number of ether oxygens (including phenoxy) is 1. The van der Waals surface area contributed by atoms with Crippen LogP contribution in [0.3, 0.4) is 0 Å². The molecule has 3 nitrogen and oxygen atoms in total. The molecule has 3 heteroatoms. The molecule has 19 heavy (non-hydrogen) atoms. The zero-order valence-electron chi connectivity index (χ0n) is 10.8. The van der Waals surface area contributed by atoms with Crippen LogP contribution < -0.4 is 4.74 Å². The van der Waals surface area contributed by atoms with Crippen LogP contribution in [0, 0.1) is 6.92 Å². The molecule has 0 radical (unpaired) electrons. The normalized spacial score (nSPS) is 10.0. The number of carbonyl (C=O) groups is 2. The van der Waals surface area contributed by atoms with E-state index in [9.17, 15) is 9.59 Å². The summed E-state index contributed by atoms with van der Waals surface area (Å²) < 4.78 is 5.02. The number of methoxy groups -OCH3 is 1. The Morgan fingerprint density at radius 1 is 0.895 bits per heavy atom. The Kier molecular flexibility index (Phi) is 3.76. The van der Waals surface area contributed by atoms with E-state index in [0.29, 0.717) is 16.9 Å². The van der Waals surface area contributed by atoms with Crippen molar-refractivity contribution in [3.63, 3.8) is 0 Å². The summed E-state index contributed by atoms with van der Waals surface area (Å²) in [5.74, 6) is -0.333. The molecular formula is C16H14O3. The van der Waals surface area contributed by atoms with Gasteiger partial charge in [0, 0.05) is 11.1 Å². The SMILES string of the molecule is COc1ccc(C(=O)C(=O)c2ccccc2C)cc1. The summed E-state index contributed by atoms with van der Waals surface area (Å²) in [4.78, 5) is 24.2. The van der Waals surface area contributed by atoms with Crippen LogP contribution in [0.4, 0.5) is 0 Å². The molecule has 2 aromatic rings. The monoisotopic (exact) mass is 254 g/mol. The third-order valence-corrected chi connectivity index (χ3v) is 2.95. The Hall–Kier alpha value is -2.42. The van der Waals surface area contributed by atoms with Crippen LogP contribution in [0.1, 0.15) is 26.3 Å². The molecule has 0 heterocycles. The Labute approximate surface area is 111 Å². The minimum atomic E-state index is -0.503. The van der Waals surface area contributed by atoms with Crippen molar-refractivity contribution in [2.24, 2.45) is 0 Å². The molecule has 0 saturated carbocycles. The molecule has 0 unspecified atom stereocenters. The zero-order valence-corrected chi connectivity index (χ0v) is 10.8. The first kappa shape index (κ1) is 13.0. The van der Waals surface area contributed by atoms with Gasteiger partial charge in [0.1, 0.15) is 5.75 Å². The summed E-state index contributed by atoms with van der Waals surface area (Å²) in [6.45, 7) is 1.81. The van der Waals surface area contributed by atoms with E-state index in [4.69, 9.17) is 4.74 Å². The zero-order chi connectivity index (χ0) is 13.8. The third-order valence-electron chi connectivity index (χ3n) is 2.95. The molecule has 0 spiro atoms. The van der Waals surface area contributed by atoms with Crippen LogP contribution >= 0.6 is 0 Å². The highest BCUT2D eigenvalue weighted by Crippen LogP contribution is 2.15. The van der Waals surface area contributed by atoms with E-state index in [-0.39, 0.29) is 0 Å². The van der Waals surface area contributed by atoms with Crippen molar-refractivity contribution in [1.29, 1.82) is 0 Å². The number of rotatable bonds is 4. The van der Waals surface area contributed by atoms with Crippen LogP contribution in [-0.2, 0) is 0 Å². The van der Waals surface area contributed by atoms with E-state index in [1.807, 2.05) is 19.1 Å². The molecule has 96 valence electrons. The molecule has 2 aromatic carbocycles. The smallest absolute Gasteiger partial charge is 0.233 e. The maximum absolute atomic E-state index is 12.1. The maximum atomic E-state index is 12.1. The van der Waals surface area contributed by atoms with E-state index in [1.54, 1.807) is 43.5 Å². The summed E-state index contributed by atoms with van der Waals surface area (Å²) in [6, 6.07) is 13.6. The molecule has 0 saturated heterocycles. The van der Waals surface area contributed by atoms with E-state index in [1.165, 1.54) is 0 Å². The van der Waals surface area contributed by atoms with Gasteiger partial charge in [0.05, 0.1) is 7.11 Å². The number of carbonyl (C=O) groups excluding carboxylic acids is 2. The van der Waals surface area contributed by atoms with Gasteiger partial charge in [-0.3, -0.25) is 9.59 Å². The fourth-order valence-electron chi connectivity index (χ4n) is 1.82. The summed E-state index contributed by atoms with van der Waals surface area (Å²) in [6.07, 6.45) is 0. The van der Waals surface area contributed by atoms with Gasteiger partial charge in [-0.1, -0.05) is 24.3 Å². The van der Waals surface area contributed by atoms with Crippen molar-refractivity contribution in [3.05, 3.63) is 65.2 Å². The van der Waals surface area contributed by atoms with Crippen molar-refractivity contribution in [2.45, 2.75) is 6.92 Å². The van der Waals surface area contributed by atoms with Gasteiger partial charge in [-0.15, -0.1) is 0 Å². The summed E-state index contributed by atoms with van der Waals surface area (Å²) >= 11 is 0. The molecule has 2 rings (SSSR count). The lowest BCUT2D eigenvalue weighted by atomic mass is 9.98. The highest BCUT2D eigenvalue weighted by atomic mass is 16.5. The van der Waals surface area contributed by atoms with Gasteiger partial charge in [-0.2, -0.15) is 0 Å². The van der Waals surface area contributed by atoms with Crippen LogP contribution in [0.5, 0.6) is 5.75 Å². The predicted octanol–water partition coefficient (Wildman–Crippen LogP) is 3.07. The number of hydrogen-bond donors (Lipinski definition) is 0. The molecule has 0 aliphatic heterocycles. The van der Waals surface area contributed by atoms with Gasteiger partial charge in [-0.25, -0.2) is 0 Å². The molecule has 0 fully saturated rings. The highest BCUT2D eigenvalue weighted by molar-refractivity contribution is 6.49. The topological polar surface area (TPSA) is 43.4 Å². The lowest BCUT2D eigenvalue weighted by Gasteiger charge is -2.05. The standard InChI is InChI=1S/C16H14O3/c1-11-5-3-4-6-14(11)16(18)15(17)12-7-9-13(19-2)10-8-12/h3-10H,1-2H3. The van der Waals surface area contributed by atoms with Gasteiger partial charge >= 0.3 is 0 Å². The quantitative estimate of drug-likeness (QED) is 0.622. The molecule has 0 aliphatic carbocycles. The number of Topliss-reactive ketones (excluding diaryl/α,β-unsaturated/α-hetero) is 2. The van der Waals surface area contributed by atoms with Crippen molar-refractivity contribution >= 4 is 11.6 Å². The van der Waals surface area contributed by atoms with Crippen LogP contribution in [0.25, 0.3) is 0 Å². The second-order valence-electron chi connectivity index (χ2n) is 4.20. The van der Waals surface area contributed by atoms with Gasteiger partial charge in [0.25, 0.3) is 0 Å². The van der Waals surface area contributed by atoms with Crippen LogP contribution in [-0.4, -0.2) is 18.7 Å². The number of hydrogen-bond acceptors (Lipinski definition) is 3. The highest BCUT2D eigenvalue weighted by Gasteiger charge is 2.19. The van der Waals surface area contributed by atoms with E-state index in [0.717, 1.165) is 5.56 Å². The van der Waals surface area contributed by atoms with Crippen LogP contribution in [0.2, 0.25) is 0 Å². The van der Waals surface area contributed by atoms with Gasteiger partial charge in [0.15, 0.2) is 0 Å². The number of aryl methyl sites for hydroxylation is 1. The van der Waals surface area contributed by atoms with Crippen LogP contribution in [0.15, 0.2) is 48.5 Å². The third kappa shape index (κ3) is 2.71. The molecule has 0 amide bonds. The van der Waals surface area contributed by atoms with Crippen molar-refractivity contribution in [2.75, 3.05) is 7.11 Å². The number of benzene rings is 2. The van der Waals surface area contributed by atoms with Crippen molar-refractivity contribution < 1.29 is 14.3 Å². The fraction of sp³-hybridized carbons (Fsp3) is 0.125. The predicted molar refractivity (Wildman–Crippen MR) is 72.8 cm³/mol. The van der Waals surface area contributed by atoms with Crippen molar-refractivity contribution in [1.82, 2.24) is 0 Å². The van der Waals surface area contributed by atoms with E-state index >= 15 is 0 Å². The maximum Gasteiger partial charge on any atom is 0.233 e. The fourth-order valence-corrected chi connectivity index (χ4v) is 1.82. The van der Waals surface area contributed by atoms with Gasteiger partial charge in [-0.05, 0) is 36.8 Å². The Bertz CT molecular complexity index is 612. The molecule has 0 aliphatic rings. The Morgan fingerprint density at radius 2 is 1.53 bits per heavy atom. The van der Waals surface area contributed by atoms with E-state index in [2.05, 4.69) is 0 Å². The largest absolute Gasteiger partial charge is 0.497 e. The second-order valence-corrected chi connectivity index (χ2v) is 4.20. The molecule has 0 bridgehead atoms. The Balaban J connectivity index is 2.28. The first-order chi connectivity index (χ1) is 9.13. The van der Waals surface area contributed by atoms with Gasteiger partial charge in [0.2, 0.25) is 11.6 Å².